The van der Waals surface area contributed by atoms with Gasteiger partial charge in [0.15, 0.2) is 11.5 Å². The number of nitriles is 1. The van der Waals surface area contributed by atoms with Crippen LogP contribution in [-0.4, -0.2) is 23.2 Å². The Kier molecular flexibility index (Phi) is 5.40. The van der Waals surface area contributed by atoms with Crippen LogP contribution in [0.2, 0.25) is 0 Å². The van der Waals surface area contributed by atoms with Crippen molar-refractivity contribution in [3.8, 4) is 29.1 Å². The number of pyridine rings is 1. The van der Waals surface area contributed by atoms with E-state index < -0.39 is 29.7 Å². The second kappa shape index (κ2) is 8.11. The van der Waals surface area contributed by atoms with Crippen molar-refractivity contribution in [2.75, 3.05) is 4.90 Å². The largest absolute Gasteiger partial charge is 0.507 e. The molecule has 0 atom stereocenters. The monoisotopic (exact) mass is 474 g/mol. The van der Waals surface area contributed by atoms with Gasteiger partial charge in [0.05, 0.1) is 11.4 Å². The minimum atomic E-state index is -4.91. The van der Waals surface area contributed by atoms with Gasteiger partial charge in [0.1, 0.15) is 23.3 Å². The summed E-state index contributed by atoms with van der Waals surface area (Å²) in [7, 11) is 0. The van der Waals surface area contributed by atoms with Crippen LogP contribution >= 0.6 is 0 Å². The lowest BCUT2D eigenvalue weighted by molar-refractivity contribution is -0.391. The van der Waals surface area contributed by atoms with Crippen molar-refractivity contribution in [3.05, 3.63) is 66.0 Å². The van der Waals surface area contributed by atoms with Crippen molar-refractivity contribution in [1.29, 1.82) is 5.26 Å². The van der Waals surface area contributed by atoms with Crippen LogP contribution in [0.5, 0.6) is 23.0 Å². The van der Waals surface area contributed by atoms with Gasteiger partial charge in [0.25, 0.3) is 0 Å². The number of hydrogen-bond acceptors (Lipinski definition) is 6. The maximum atomic E-state index is 13.6. The van der Waals surface area contributed by atoms with E-state index in [4.69, 9.17) is 15.7 Å². The van der Waals surface area contributed by atoms with E-state index in [2.05, 4.69) is 14.5 Å². The van der Waals surface area contributed by atoms with Crippen molar-refractivity contribution in [3.63, 3.8) is 0 Å². The molecule has 1 aliphatic heterocycles. The first kappa shape index (κ1) is 22.7. The first-order valence-electron chi connectivity index (χ1n) is 9.53. The number of aryl methyl sites for hydroxylation is 1. The lowest BCUT2D eigenvalue weighted by Crippen LogP contribution is -2.52. The summed E-state index contributed by atoms with van der Waals surface area (Å²) in [5, 5.41) is 8.96. The first-order valence-corrected chi connectivity index (χ1v) is 9.53. The second-order valence-corrected chi connectivity index (χ2v) is 7.08. The summed E-state index contributed by atoms with van der Waals surface area (Å²) in [5.41, 5.74) is 6.42. The van der Waals surface area contributed by atoms with Crippen molar-refractivity contribution >= 4 is 17.4 Å². The molecule has 4 rings (SSSR count). The van der Waals surface area contributed by atoms with E-state index in [0.29, 0.717) is 17.1 Å². The van der Waals surface area contributed by atoms with Crippen molar-refractivity contribution in [2.24, 2.45) is 5.73 Å². The van der Waals surface area contributed by atoms with E-state index in [9.17, 15) is 22.4 Å². The molecule has 0 fully saturated rings. The zero-order chi connectivity index (χ0) is 24.7. The number of rotatable bonds is 4. The average Bonchev–Trinajstić information content (AvgIpc) is 2.76. The number of nitrogens with zero attached hydrogens (tertiary/aromatic N) is 3. The summed E-state index contributed by atoms with van der Waals surface area (Å²) in [6, 6.07) is 11.5. The number of nitrogens with two attached hydrogens (primary N) is 1. The normalized spacial score (nSPS) is 15.2. The number of amides is 2. The molecular formula is C22H14F4N4O4. The van der Waals surface area contributed by atoms with Crippen LogP contribution in [0.1, 0.15) is 11.3 Å². The number of carbonyl (C=O) groups excluding carboxylic acids is 1. The molecule has 1 aromatic heterocycles. The number of halogens is 4. The zero-order valence-corrected chi connectivity index (χ0v) is 17.3. The smallest absolute Gasteiger partial charge is 0.457 e. The molecule has 2 aromatic carbocycles. The predicted molar refractivity (Wildman–Crippen MR) is 110 cm³/mol. The molecule has 0 saturated carbocycles. The highest BCUT2D eigenvalue weighted by molar-refractivity contribution is 5.99. The van der Waals surface area contributed by atoms with Gasteiger partial charge in [-0.2, -0.15) is 22.8 Å². The number of fused-ring (bicyclic) bond motifs is 1. The fourth-order valence-corrected chi connectivity index (χ4v) is 3.15. The molecule has 0 radical (unpaired) electrons. The molecule has 2 N–H and O–H groups in total. The van der Waals surface area contributed by atoms with E-state index in [1.165, 1.54) is 36.5 Å². The lowest BCUT2D eigenvalue weighted by Gasteiger charge is -2.32. The van der Waals surface area contributed by atoms with Crippen LogP contribution in [0.25, 0.3) is 0 Å². The van der Waals surface area contributed by atoms with Gasteiger partial charge >= 0.3 is 18.2 Å². The Morgan fingerprint density at radius 3 is 2.32 bits per heavy atom. The third-order valence-corrected chi connectivity index (χ3v) is 4.71. The average molecular weight is 474 g/mol. The molecular weight excluding hydrogens is 460 g/mol. The van der Waals surface area contributed by atoms with E-state index in [1.54, 1.807) is 13.0 Å². The Morgan fingerprint density at radius 2 is 1.68 bits per heavy atom. The Labute approximate surface area is 189 Å². The topological polar surface area (TPSA) is 111 Å². The van der Waals surface area contributed by atoms with Gasteiger partial charge < -0.3 is 19.9 Å². The number of aromatic nitrogens is 1. The van der Waals surface area contributed by atoms with Gasteiger partial charge in [-0.3, -0.25) is 4.90 Å². The molecule has 0 spiro atoms. The highest BCUT2D eigenvalue weighted by Gasteiger charge is 2.66. The summed E-state index contributed by atoms with van der Waals surface area (Å²) in [6.45, 7) is 1.68. The van der Waals surface area contributed by atoms with Gasteiger partial charge in [-0.05, 0) is 48.9 Å². The number of primary amides is 1. The number of carbonyl (C=O) groups is 1. The van der Waals surface area contributed by atoms with Crippen LogP contribution in [-0.2, 0) is 0 Å². The molecule has 34 heavy (non-hydrogen) atoms. The highest BCUT2D eigenvalue weighted by Crippen LogP contribution is 2.48. The summed E-state index contributed by atoms with van der Waals surface area (Å²) >= 11 is 0. The molecule has 0 saturated heterocycles. The number of hydrogen-bond donors (Lipinski definition) is 1. The summed E-state index contributed by atoms with van der Waals surface area (Å²) in [4.78, 5) is 17.0. The quantitative estimate of drug-likeness (QED) is 0.519. The molecule has 1 aliphatic rings. The standard InChI is InChI=1S/C22H14F4N4O4/c1-12-8-14(2-4-17(12)32-16-6-7-29-13(9-16)11-27)30(20(28)31)15-3-5-18-19(10-15)34-22(25,26)21(23,24)33-18/h2-10H,1H3,(H2,28,31). The Hall–Kier alpha value is -4.53. The zero-order valence-electron chi connectivity index (χ0n) is 17.3. The second-order valence-electron chi connectivity index (χ2n) is 7.08. The van der Waals surface area contributed by atoms with Crippen LogP contribution in [0, 0.1) is 18.3 Å². The maximum Gasteiger partial charge on any atom is 0.507 e. The summed E-state index contributed by atoms with van der Waals surface area (Å²) < 4.78 is 67.8. The predicted octanol–water partition coefficient (Wildman–Crippen LogP) is 5.23. The van der Waals surface area contributed by atoms with E-state index in [0.717, 1.165) is 17.0 Å². The SMILES string of the molecule is Cc1cc(N(C(N)=O)c2ccc3c(c2)OC(F)(F)C(F)(F)O3)ccc1Oc1ccnc(C#N)c1. The van der Waals surface area contributed by atoms with Crippen molar-refractivity contribution in [1.82, 2.24) is 4.98 Å². The molecule has 0 unspecified atom stereocenters. The van der Waals surface area contributed by atoms with E-state index in [1.807, 2.05) is 6.07 Å². The number of urea groups is 1. The molecule has 0 aliphatic carbocycles. The van der Waals surface area contributed by atoms with Crippen LogP contribution in [0.3, 0.4) is 0 Å². The number of alkyl halides is 4. The number of benzene rings is 2. The molecule has 0 bridgehead atoms. The minimum Gasteiger partial charge on any atom is -0.457 e. The highest BCUT2D eigenvalue weighted by atomic mass is 19.3. The van der Waals surface area contributed by atoms with Gasteiger partial charge in [0.2, 0.25) is 0 Å². The van der Waals surface area contributed by atoms with Crippen LogP contribution < -0.4 is 24.8 Å². The van der Waals surface area contributed by atoms with Gasteiger partial charge in [-0.25, -0.2) is 9.78 Å². The van der Waals surface area contributed by atoms with Crippen molar-refractivity contribution in [2.45, 2.75) is 19.1 Å². The third-order valence-electron chi connectivity index (χ3n) is 4.71. The van der Waals surface area contributed by atoms with Gasteiger partial charge in [-0.15, -0.1) is 0 Å². The summed E-state index contributed by atoms with van der Waals surface area (Å²) in [6.07, 6.45) is -8.36. The van der Waals surface area contributed by atoms with Crippen LogP contribution in [0.4, 0.5) is 33.7 Å². The Balaban J connectivity index is 1.65. The Bertz CT molecular complexity index is 1330. The molecule has 2 amide bonds. The van der Waals surface area contributed by atoms with E-state index >= 15 is 0 Å². The third kappa shape index (κ3) is 4.11. The van der Waals surface area contributed by atoms with Gasteiger partial charge in [0, 0.05) is 18.3 Å². The molecule has 174 valence electrons. The lowest BCUT2D eigenvalue weighted by atomic mass is 10.1. The van der Waals surface area contributed by atoms with Gasteiger partial charge in [-0.1, -0.05) is 0 Å². The molecule has 3 aromatic rings. The maximum absolute atomic E-state index is 13.6. The van der Waals surface area contributed by atoms with Crippen molar-refractivity contribution < 1.29 is 36.6 Å². The molecule has 2 heterocycles. The fourth-order valence-electron chi connectivity index (χ4n) is 3.15. The minimum absolute atomic E-state index is 0.0308. The number of ether oxygens (including phenoxy) is 3. The molecule has 8 nitrogen and oxygen atoms in total. The fraction of sp³-hybridized carbons (Fsp3) is 0.136. The summed E-state index contributed by atoms with van der Waals surface area (Å²) in [5.74, 6) is -0.563. The Morgan fingerprint density at radius 1 is 1.03 bits per heavy atom. The first-order chi connectivity index (χ1) is 16.0. The molecule has 12 heteroatoms. The van der Waals surface area contributed by atoms with Crippen LogP contribution in [0.15, 0.2) is 54.7 Å². The van der Waals surface area contributed by atoms with E-state index in [-0.39, 0.29) is 17.1 Å². The number of anilines is 2.